The van der Waals surface area contributed by atoms with Crippen molar-refractivity contribution in [2.75, 3.05) is 12.4 Å². The monoisotopic (exact) mass is 232 g/mol. The highest BCUT2D eigenvalue weighted by Crippen LogP contribution is 2.21. The number of nitrogens with zero attached hydrogens (tertiary/aromatic N) is 1. The summed E-state index contributed by atoms with van der Waals surface area (Å²) in [6, 6.07) is 7.72. The molecule has 0 radical (unpaired) electrons. The molecular weight excluding hydrogens is 216 g/mol. The zero-order valence-corrected chi connectivity index (χ0v) is 10.1. The Morgan fingerprint density at radius 1 is 1.29 bits per heavy atom. The van der Waals surface area contributed by atoms with Crippen molar-refractivity contribution < 1.29 is 9.59 Å². The molecule has 1 heterocycles. The highest BCUT2D eigenvalue weighted by Gasteiger charge is 2.35. The fraction of sp³-hybridized carbons (Fsp3) is 0.385. The van der Waals surface area contributed by atoms with Gasteiger partial charge in [-0.05, 0) is 17.7 Å². The number of amides is 2. The molecular formula is C13H16N2O2. The first-order valence-corrected chi connectivity index (χ1v) is 5.72. The van der Waals surface area contributed by atoms with Crippen LogP contribution in [-0.2, 0) is 16.1 Å². The van der Waals surface area contributed by atoms with Gasteiger partial charge in [-0.15, -0.1) is 0 Å². The molecule has 17 heavy (non-hydrogen) atoms. The maximum absolute atomic E-state index is 11.7. The van der Waals surface area contributed by atoms with Gasteiger partial charge in [0, 0.05) is 25.1 Å². The molecule has 1 unspecified atom stereocenters. The van der Waals surface area contributed by atoms with Crippen LogP contribution in [0, 0.1) is 5.92 Å². The van der Waals surface area contributed by atoms with Crippen LogP contribution in [0.25, 0.3) is 0 Å². The summed E-state index contributed by atoms with van der Waals surface area (Å²) in [6.07, 6.45) is 0.341. The van der Waals surface area contributed by atoms with Gasteiger partial charge < -0.3 is 5.32 Å². The van der Waals surface area contributed by atoms with E-state index in [-0.39, 0.29) is 17.7 Å². The molecule has 4 nitrogen and oxygen atoms in total. The molecule has 1 aliphatic rings. The van der Waals surface area contributed by atoms with Crippen molar-refractivity contribution in [3.05, 3.63) is 29.8 Å². The highest BCUT2D eigenvalue weighted by molar-refractivity contribution is 6.03. The Balaban J connectivity index is 2.10. The lowest BCUT2D eigenvalue weighted by Crippen LogP contribution is -2.29. The Morgan fingerprint density at radius 3 is 2.41 bits per heavy atom. The maximum atomic E-state index is 11.7. The van der Waals surface area contributed by atoms with E-state index in [1.165, 1.54) is 4.90 Å². The van der Waals surface area contributed by atoms with E-state index >= 15 is 0 Å². The predicted molar refractivity (Wildman–Crippen MR) is 65.3 cm³/mol. The molecule has 1 aromatic rings. The Hall–Kier alpha value is -1.84. The lowest BCUT2D eigenvalue weighted by molar-refractivity contribution is -0.139. The van der Waals surface area contributed by atoms with Gasteiger partial charge in [0.05, 0.1) is 6.54 Å². The van der Waals surface area contributed by atoms with Gasteiger partial charge in [-0.25, -0.2) is 0 Å². The summed E-state index contributed by atoms with van der Waals surface area (Å²) in [5.41, 5.74) is 1.99. The summed E-state index contributed by atoms with van der Waals surface area (Å²) in [6.45, 7) is 2.18. The van der Waals surface area contributed by atoms with Crippen LogP contribution < -0.4 is 5.32 Å². The second-order valence-corrected chi connectivity index (χ2v) is 4.37. The molecule has 0 bridgehead atoms. The molecule has 1 aromatic carbocycles. The molecule has 0 aliphatic carbocycles. The molecule has 1 saturated heterocycles. The second kappa shape index (κ2) is 4.57. The fourth-order valence-corrected chi connectivity index (χ4v) is 1.97. The summed E-state index contributed by atoms with van der Waals surface area (Å²) < 4.78 is 0. The van der Waals surface area contributed by atoms with Crippen molar-refractivity contribution in [1.29, 1.82) is 0 Å². The van der Waals surface area contributed by atoms with E-state index in [2.05, 4.69) is 5.32 Å². The molecule has 1 aliphatic heterocycles. The second-order valence-electron chi connectivity index (χ2n) is 4.37. The summed E-state index contributed by atoms with van der Waals surface area (Å²) in [4.78, 5) is 24.7. The van der Waals surface area contributed by atoms with Crippen LogP contribution in [0.3, 0.4) is 0 Å². The van der Waals surface area contributed by atoms with Crippen molar-refractivity contribution in [2.24, 2.45) is 5.92 Å². The average Bonchev–Trinajstić information content (AvgIpc) is 2.57. The highest BCUT2D eigenvalue weighted by atomic mass is 16.2. The van der Waals surface area contributed by atoms with Gasteiger partial charge in [-0.3, -0.25) is 14.5 Å². The normalized spacial score (nSPS) is 19.9. The number of carbonyl (C=O) groups is 2. The summed E-state index contributed by atoms with van der Waals surface area (Å²) >= 11 is 0. The fourth-order valence-electron chi connectivity index (χ4n) is 1.97. The number of hydrogen-bond acceptors (Lipinski definition) is 3. The van der Waals surface area contributed by atoms with E-state index in [0.29, 0.717) is 13.0 Å². The minimum Gasteiger partial charge on any atom is -0.388 e. The number of carbonyl (C=O) groups excluding carboxylic acids is 2. The van der Waals surface area contributed by atoms with Gasteiger partial charge in [0.1, 0.15) is 0 Å². The Morgan fingerprint density at radius 2 is 1.94 bits per heavy atom. The molecule has 2 rings (SSSR count). The smallest absolute Gasteiger partial charge is 0.232 e. The van der Waals surface area contributed by atoms with Crippen LogP contribution in [-0.4, -0.2) is 23.8 Å². The van der Waals surface area contributed by atoms with Crippen LogP contribution in [0.4, 0.5) is 5.69 Å². The number of imide groups is 1. The number of rotatable bonds is 3. The van der Waals surface area contributed by atoms with Gasteiger partial charge >= 0.3 is 0 Å². The lowest BCUT2D eigenvalue weighted by Gasteiger charge is -2.14. The van der Waals surface area contributed by atoms with E-state index in [1.807, 2.05) is 31.3 Å². The van der Waals surface area contributed by atoms with Crippen molar-refractivity contribution in [1.82, 2.24) is 4.90 Å². The quantitative estimate of drug-likeness (QED) is 0.806. The van der Waals surface area contributed by atoms with E-state index in [1.54, 1.807) is 6.92 Å². The largest absolute Gasteiger partial charge is 0.388 e. The number of hydrogen-bond donors (Lipinski definition) is 1. The molecule has 1 atom stereocenters. The van der Waals surface area contributed by atoms with Crippen LogP contribution >= 0.6 is 0 Å². The van der Waals surface area contributed by atoms with Crippen molar-refractivity contribution in [2.45, 2.75) is 19.9 Å². The molecule has 2 amide bonds. The van der Waals surface area contributed by atoms with E-state index in [4.69, 9.17) is 0 Å². The van der Waals surface area contributed by atoms with Gasteiger partial charge in [-0.1, -0.05) is 19.1 Å². The average molecular weight is 232 g/mol. The van der Waals surface area contributed by atoms with Crippen LogP contribution in [0.5, 0.6) is 0 Å². The molecule has 0 spiro atoms. The first kappa shape index (κ1) is 11.6. The summed E-state index contributed by atoms with van der Waals surface area (Å²) in [5.74, 6) is -0.299. The summed E-state index contributed by atoms with van der Waals surface area (Å²) in [7, 11) is 1.85. The van der Waals surface area contributed by atoms with Gasteiger partial charge in [0.25, 0.3) is 0 Å². The van der Waals surface area contributed by atoms with E-state index < -0.39 is 0 Å². The van der Waals surface area contributed by atoms with Gasteiger partial charge in [-0.2, -0.15) is 0 Å². The number of anilines is 1. The predicted octanol–water partition coefficient (Wildman–Crippen LogP) is 1.62. The molecule has 1 fully saturated rings. The molecule has 1 N–H and O–H groups in total. The van der Waals surface area contributed by atoms with Crippen molar-refractivity contribution >= 4 is 17.5 Å². The van der Waals surface area contributed by atoms with E-state index in [0.717, 1.165) is 11.3 Å². The third-order valence-electron chi connectivity index (χ3n) is 3.05. The van der Waals surface area contributed by atoms with Crippen molar-refractivity contribution in [3.63, 3.8) is 0 Å². The van der Waals surface area contributed by atoms with Gasteiger partial charge in [0.2, 0.25) is 11.8 Å². The SMILES string of the molecule is CNc1ccc(CN2C(=O)CC(C)C2=O)cc1. The number of likely N-dealkylation sites (tertiary alicyclic amines) is 1. The Bertz CT molecular complexity index is 439. The molecule has 4 heteroatoms. The zero-order chi connectivity index (χ0) is 12.4. The molecule has 90 valence electrons. The van der Waals surface area contributed by atoms with Crippen LogP contribution in [0.15, 0.2) is 24.3 Å². The van der Waals surface area contributed by atoms with Crippen LogP contribution in [0.2, 0.25) is 0 Å². The first-order chi connectivity index (χ1) is 8.11. The first-order valence-electron chi connectivity index (χ1n) is 5.72. The van der Waals surface area contributed by atoms with Crippen LogP contribution in [0.1, 0.15) is 18.9 Å². The standard InChI is InChI=1S/C13H16N2O2/c1-9-7-12(16)15(13(9)17)8-10-3-5-11(14-2)6-4-10/h3-6,9,14H,7-8H2,1-2H3. The Kier molecular flexibility index (Phi) is 3.13. The summed E-state index contributed by atoms with van der Waals surface area (Å²) in [5, 5.41) is 3.02. The zero-order valence-electron chi connectivity index (χ0n) is 10.1. The lowest BCUT2D eigenvalue weighted by atomic mass is 10.1. The van der Waals surface area contributed by atoms with E-state index in [9.17, 15) is 9.59 Å². The molecule has 0 saturated carbocycles. The van der Waals surface area contributed by atoms with Gasteiger partial charge in [0.15, 0.2) is 0 Å². The topological polar surface area (TPSA) is 49.4 Å². The maximum Gasteiger partial charge on any atom is 0.232 e. The minimum atomic E-state index is -0.168. The minimum absolute atomic E-state index is 0.0623. The number of benzene rings is 1. The third kappa shape index (κ3) is 2.30. The number of nitrogens with one attached hydrogen (secondary N) is 1. The Labute approximate surface area is 101 Å². The van der Waals surface area contributed by atoms with Crippen molar-refractivity contribution in [3.8, 4) is 0 Å². The molecule has 0 aromatic heterocycles. The third-order valence-corrected chi connectivity index (χ3v) is 3.05.